The number of nitrogens with one attached hydrogen (secondary N) is 1. The Balaban J connectivity index is 1.82. The van der Waals surface area contributed by atoms with Gasteiger partial charge in [-0.1, -0.05) is 18.5 Å². The van der Waals surface area contributed by atoms with Crippen molar-refractivity contribution in [2.75, 3.05) is 19.6 Å². The van der Waals surface area contributed by atoms with E-state index in [0.29, 0.717) is 23.4 Å². The number of carbonyl (C=O) groups excluding carboxylic acids is 1. The van der Waals surface area contributed by atoms with Gasteiger partial charge in [-0.15, -0.1) is 0 Å². The fraction of sp³-hybridized carbons (Fsp3) is 0.632. The molecule has 0 saturated carbocycles. The zero-order valence-electron chi connectivity index (χ0n) is 15.1. The predicted molar refractivity (Wildman–Crippen MR) is 98.6 cm³/mol. The summed E-state index contributed by atoms with van der Waals surface area (Å²) in [6, 6.07) is 7.39. The van der Waals surface area contributed by atoms with Crippen LogP contribution in [0.25, 0.3) is 0 Å². The van der Waals surface area contributed by atoms with Crippen molar-refractivity contribution in [2.45, 2.75) is 52.2 Å². The average Bonchev–Trinajstić information content (AvgIpc) is 2.55. The van der Waals surface area contributed by atoms with Crippen LogP contribution in [0.5, 0.6) is 5.75 Å². The number of rotatable bonds is 6. The number of ether oxygens (including phenoxy) is 1. The van der Waals surface area contributed by atoms with E-state index in [1.807, 2.05) is 0 Å². The fourth-order valence-corrected chi connectivity index (χ4v) is 3.02. The molecule has 1 aliphatic rings. The second-order valence-corrected chi connectivity index (χ2v) is 7.78. The van der Waals surface area contributed by atoms with Crippen LogP contribution >= 0.6 is 11.6 Å². The van der Waals surface area contributed by atoms with Crippen LogP contribution in [0, 0.1) is 5.92 Å². The number of benzene rings is 1. The molecule has 1 aromatic carbocycles. The smallest absolute Gasteiger partial charge is 0.263 e. The second-order valence-electron chi connectivity index (χ2n) is 7.34. The van der Waals surface area contributed by atoms with E-state index < -0.39 is 5.60 Å². The summed E-state index contributed by atoms with van der Waals surface area (Å²) in [6.45, 7) is 10.9. The van der Waals surface area contributed by atoms with Gasteiger partial charge in [-0.2, -0.15) is 0 Å². The van der Waals surface area contributed by atoms with Crippen LogP contribution in [-0.2, 0) is 4.79 Å². The highest BCUT2D eigenvalue weighted by atomic mass is 35.5. The molecule has 4 nitrogen and oxygen atoms in total. The van der Waals surface area contributed by atoms with Gasteiger partial charge < -0.3 is 10.1 Å². The molecule has 0 bridgehead atoms. The molecule has 1 aromatic rings. The predicted octanol–water partition coefficient (Wildman–Crippen LogP) is 3.73. The highest BCUT2D eigenvalue weighted by molar-refractivity contribution is 6.30. The minimum absolute atomic E-state index is 0.102. The van der Waals surface area contributed by atoms with Crippen LogP contribution < -0.4 is 10.1 Å². The topological polar surface area (TPSA) is 41.6 Å². The van der Waals surface area contributed by atoms with Gasteiger partial charge in [-0.25, -0.2) is 0 Å². The Kier molecular flexibility index (Phi) is 6.53. The Morgan fingerprint density at radius 1 is 1.33 bits per heavy atom. The lowest BCUT2D eigenvalue weighted by Crippen LogP contribution is -2.51. The normalized spacial score (nSPS) is 18.2. The first-order valence-corrected chi connectivity index (χ1v) is 9.12. The van der Waals surface area contributed by atoms with E-state index in [9.17, 15) is 4.79 Å². The molecule has 1 unspecified atom stereocenters. The summed E-state index contributed by atoms with van der Waals surface area (Å²) >= 11 is 5.87. The van der Waals surface area contributed by atoms with Crippen LogP contribution in [0.15, 0.2) is 24.3 Å². The summed E-state index contributed by atoms with van der Waals surface area (Å²) in [5.74, 6) is 1.35. The van der Waals surface area contributed by atoms with Gasteiger partial charge in [0, 0.05) is 17.6 Å². The average molecular weight is 353 g/mol. The van der Waals surface area contributed by atoms with Crippen LogP contribution in [0.3, 0.4) is 0 Å². The molecule has 0 radical (unpaired) electrons. The Labute approximate surface area is 150 Å². The van der Waals surface area contributed by atoms with Crippen LogP contribution in [0.4, 0.5) is 0 Å². The number of nitrogens with zero attached hydrogens (tertiary/aromatic N) is 1. The molecular formula is C19H29ClN2O2. The summed E-state index contributed by atoms with van der Waals surface area (Å²) in [6.07, 6.45) is 2.48. The Morgan fingerprint density at radius 3 is 2.50 bits per heavy atom. The number of halogens is 1. The first-order chi connectivity index (χ1) is 11.3. The summed E-state index contributed by atoms with van der Waals surface area (Å²) < 4.78 is 5.83. The van der Waals surface area contributed by atoms with Gasteiger partial charge in [0.25, 0.3) is 5.91 Å². The zero-order chi connectivity index (χ0) is 17.7. The van der Waals surface area contributed by atoms with Crippen LogP contribution in [0.2, 0.25) is 5.02 Å². The van der Waals surface area contributed by atoms with Crippen molar-refractivity contribution in [2.24, 2.45) is 5.92 Å². The van der Waals surface area contributed by atoms with Crippen molar-refractivity contribution in [1.82, 2.24) is 10.2 Å². The monoisotopic (exact) mass is 352 g/mol. The summed E-state index contributed by atoms with van der Waals surface area (Å²) in [7, 11) is 0. The number of hydrogen-bond donors (Lipinski definition) is 1. The van der Waals surface area contributed by atoms with E-state index >= 15 is 0 Å². The van der Waals surface area contributed by atoms with E-state index in [1.165, 1.54) is 12.8 Å². The number of carbonyl (C=O) groups is 1. The van der Waals surface area contributed by atoms with Crippen molar-refractivity contribution in [3.63, 3.8) is 0 Å². The van der Waals surface area contributed by atoms with Crippen molar-refractivity contribution in [1.29, 1.82) is 0 Å². The number of hydrogen-bond acceptors (Lipinski definition) is 3. The second kappa shape index (κ2) is 8.21. The Morgan fingerprint density at radius 2 is 1.92 bits per heavy atom. The largest absolute Gasteiger partial charge is 0.478 e. The minimum atomic E-state index is -0.927. The summed E-state index contributed by atoms with van der Waals surface area (Å²) in [4.78, 5) is 14.9. The summed E-state index contributed by atoms with van der Waals surface area (Å²) in [5, 5.41) is 3.68. The van der Waals surface area contributed by atoms with Gasteiger partial charge in [0.1, 0.15) is 5.75 Å². The third-order valence-corrected chi connectivity index (χ3v) is 4.99. The van der Waals surface area contributed by atoms with Crippen molar-refractivity contribution < 1.29 is 9.53 Å². The molecule has 2 rings (SSSR count). The molecule has 5 heteroatoms. The molecule has 1 fully saturated rings. The van der Waals surface area contributed by atoms with Gasteiger partial charge in [0.05, 0.1) is 0 Å². The number of amides is 1. The van der Waals surface area contributed by atoms with E-state index in [-0.39, 0.29) is 5.91 Å². The summed E-state index contributed by atoms with van der Waals surface area (Å²) in [5.41, 5.74) is -0.927. The highest BCUT2D eigenvalue weighted by Crippen LogP contribution is 2.21. The van der Waals surface area contributed by atoms with Crippen molar-refractivity contribution in [3.05, 3.63) is 29.3 Å². The van der Waals surface area contributed by atoms with E-state index in [0.717, 1.165) is 19.0 Å². The quantitative estimate of drug-likeness (QED) is 0.848. The maximum Gasteiger partial charge on any atom is 0.263 e. The first kappa shape index (κ1) is 19.1. The maximum absolute atomic E-state index is 12.5. The van der Waals surface area contributed by atoms with Crippen LogP contribution in [-0.4, -0.2) is 42.1 Å². The molecule has 24 heavy (non-hydrogen) atoms. The van der Waals surface area contributed by atoms with Gasteiger partial charge in [0.15, 0.2) is 5.60 Å². The molecule has 0 aromatic heterocycles. The lowest BCUT2D eigenvalue weighted by Gasteiger charge is -2.35. The Bertz CT molecular complexity index is 537. The molecule has 0 aliphatic carbocycles. The minimum Gasteiger partial charge on any atom is -0.478 e. The molecule has 1 atom stereocenters. The molecule has 0 spiro atoms. The van der Waals surface area contributed by atoms with E-state index in [1.54, 1.807) is 38.1 Å². The van der Waals surface area contributed by atoms with E-state index in [2.05, 4.69) is 24.1 Å². The molecule has 1 heterocycles. The van der Waals surface area contributed by atoms with Gasteiger partial charge >= 0.3 is 0 Å². The van der Waals surface area contributed by atoms with Gasteiger partial charge in [0.2, 0.25) is 0 Å². The van der Waals surface area contributed by atoms with Gasteiger partial charge in [-0.05, 0) is 76.9 Å². The first-order valence-electron chi connectivity index (χ1n) is 8.75. The molecule has 1 amide bonds. The number of piperidine rings is 1. The third-order valence-electron chi connectivity index (χ3n) is 4.73. The molecular weight excluding hydrogens is 324 g/mol. The highest BCUT2D eigenvalue weighted by Gasteiger charge is 2.30. The molecule has 1 N–H and O–H groups in total. The zero-order valence-corrected chi connectivity index (χ0v) is 15.9. The van der Waals surface area contributed by atoms with Crippen molar-refractivity contribution >= 4 is 17.5 Å². The lowest BCUT2D eigenvalue weighted by atomic mass is 9.98. The standard InChI is InChI=1S/C19H29ClN2O2/c1-14-9-11-22(12-10-14)15(2)13-21-18(23)19(3,4)24-17-7-5-16(20)6-8-17/h5-8,14-15H,9-13H2,1-4H3,(H,21,23). The lowest BCUT2D eigenvalue weighted by molar-refractivity contribution is -0.134. The van der Waals surface area contributed by atoms with Crippen LogP contribution in [0.1, 0.15) is 40.5 Å². The van der Waals surface area contributed by atoms with Crippen molar-refractivity contribution in [3.8, 4) is 5.75 Å². The SMILES string of the molecule is CC1CCN(C(C)CNC(=O)C(C)(C)Oc2ccc(Cl)cc2)CC1. The third kappa shape index (κ3) is 5.38. The molecule has 1 saturated heterocycles. The molecule has 1 aliphatic heterocycles. The van der Waals surface area contributed by atoms with E-state index in [4.69, 9.17) is 16.3 Å². The number of likely N-dealkylation sites (tertiary alicyclic amines) is 1. The van der Waals surface area contributed by atoms with Gasteiger partial charge in [-0.3, -0.25) is 9.69 Å². The maximum atomic E-state index is 12.5. The fourth-order valence-electron chi connectivity index (χ4n) is 2.90. The molecule has 134 valence electrons. The Hall–Kier alpha value is -1.26.